The summed E-state index contributed by atoms with van der Waals surface area (Å²) in [5, 5.41) is 38.6. The normalized spacial score (nSPS) is 21.5. The van der Waals surface area contributed by atoms with Crippen LogP contribution in [0.1, 0.15) is 102 Å². The van der Waals surface area contributed by atoms with E-state index in [4.69, 9.17) is 19.7 Å². The molecule has 7 atom stereocenters. The van der Waals surface area contributed by atoms with Crippen LogP contribution in [-0.4, -0.2) is 126 Å². The molecule has 2 aromatic heterocycles. The average Bonchev–Trinajstić information content (AvgIpc) is 3.93. The average molecular weight is 1100 g/mol. The number of carboxylic acids is 1. The van der Waals surface area contributed by atoms with Gasteiger partial charge in [-0.15, -0.1) is 0 Å². The number of phosphoric ester groups is 1. The maximum Gasteiger partial charge on any atom is 0.489 e. The van der Waals surface area contributed by atoms with E-state index in [1.54, 1.807) is 12.1 Å². The summed E-state index contributed by atoms with van der Waals surface area (Å²) in [7, 11) is -16.4. The topological polar surface area (TPSA) is 353 Å². The predicted molar refractivity (Wildman–Crippen MR) is 270 cm³/mol. The number of anilines is 2. The minimum atomic E-state index is -5.76. The molecule has 0 saturated carbocycles. The molecule has 1 saturated heterocycles. The third-order valence-electron chi connectivity index (χ3n) is 13.6. The standard InChI is InChI=1S/C47H58N9O16P3/c1-3-54-17-9-11-27-19-32-36(22-34(27)54)69-37-23-35-28(12-10-18-55(35)4-2)20-33(37)39(32)30-14-13-29(21-31(30)47(60)61)45(59)49-15-7-5-6-8-16-53-73(62,63)71-75(66,67)72-74(64,65)68-24-38-41(57)42(58)46(70-38)56-26-52-40-43(48)50-25-51-44(40)56/h13-14,19-23,25-26,38,41-42,46,57-58H,3-12,15-18,24H2,1-2H3,(H7-,48,49,50,51,53,59,60,61,62,63,64,65,66,67)/p+1/t38-,41-,42-,46-/m1/s1. The minimum absolute atomic E-state index is 0.0330. The number of aliphatic hydroxyl groups excluding tert-OH is 2. The van der Waals surface area contributed by atoms with Gasteiger partial charge in [0.15, 0.2) is 17.7 Å². The third-order valence-corrected chi connectivity index (χ3v) is 18.1. The van der Waals surface area contributed by atoms with Crippen LogP contribution in [0.15, 0.2) is 55.1 Å². The smallest absolute Gasteiger partial charge is 0.478 e. The first-order valence-electron chi connectivity index (χ1n) is 24.6. The van der Waals surface area contributed by atoms with Gasteiger partial charge < -0.3 is 55.4 Å². The highest BCUT2D eigenvalue weighted by Gasteiger charge is 2.47. The number of aliphatic hydroxyl groups is 2. The number of amides is 1. The first-order valence-corrected chi connectivity index (χ1v) is 29.1. The number of hydrogen-bond donors (Lipinski definition) is 9. The van der Waals surface area contributed by atoms with Crippen LogP contribution in [0.25, 0.3) is 16.7 Å². The molecule has 0 bridgehead atoms. The van der Waals surface area contributed by atoms with E-state index in [0.29, 0.717) is 36.3 Å². The molecule has 4 aliphatic rings. The fraction of sp³-hybridized carbons (Fsp3) is 0.447. The lowest BCUT2D eigenvalue weighted by atomic mass is 9.86. The van der Waals surface area contributed by atoms with Crippen LogP contribution >= 0.6 is 23.4 Å². The Morgan fingerprint density at radius 3 is 2.41 bits per heavy atom. The monoisotopic (exact) mass is 1100 g/mol. The van der Waals surface area contributed by atoms with Crippen LogP contribution in [0.2, 0.25) is 0 Å². The number of carbonyl (C=O) groups excluding carboxylic acids is 1. The Morgan fingerprint density at radius 2 is 1.65 bits per heavy atom. The van der Waals surface area contributed by atoms with Crippen molar-refractivity contribution in [2.24, 2.45) is 0 Å². The van der Waals surface area contributed by atoms with E-state index < -0.39 is 66.4 Å². The van der Waals surface area contributed by atoms with Crippen molar-refractivity contribution in [1.29, 1.82) is 0 Å². The van der Waals surface area contributed by atoms with Gasteiger partial charge in [-0.25, -0.2) is 43.1 Å². The molecule has 9 rings (SSSR count). The second kappa shape index (κ2) is 22.2. The van der Waals surface area contributed by atoms with Crippen LogP contribution < -0.4 is 40.9 Å². The number of nitrogens with two attached hydrogens (primary N) is 1. The molecular weight excluding hydrogens is 1040 g/mol. The minimum Gasteiger partial charge on any atom is -0.478 e. The molecule has 0 aliphatic carbocycles. The van der Waals surface area contributed by atoms with Gasteiger partial charge in [0.2, 0.25) is 5.36 Å². The van der Waals surface area contributed by atoms with E-state index >= 15 is 0 Å². The first-order chi connectivity index (χ1) is 35.8. The number of ether oxygens (including phenoxy) is 2. The number of aromatic carboxylic acids is 1. The zero-order valence-electron chi connectivity index (χ0n) is 41.0. The summed E-state index contributed by atoms with van der Waals surface area (Å²) < 4.78 is 66.7. The number of carbonyl (C=O) groups is 2. The zero-order valence-corrected chi connectivity index (χ0v) is 43.7. The highest BCUT2D eigenvalue weighted by molar-refractivity contribution is 7.67. The molecule has 0 radical (unpaired) electrons. The Balaban J connectivity index is 0.765. The lowest BCUT2D eigenvalue weighted by Gasteiger charge is -2.32. The molecule has 4 aliphatic heterocycles. The van der Waals surface area contributed by atoms with E-state index in [9.17, 15) is 53.3 Å². The van der Waals surface area contributed by atoms with Crippen molar-refractivity contribution in [3.8, 4) is 11.5 Å². The molecular formula is C47H59N9O16P3+. The largest absolute Gasteiger partial charge is 0.489 e. The van der Waals surface area contributed by atoms with Crippen LogP contribution in [0, 0.1) is 0 Å². The van der Waals surface area contributed by atoms with Crippen molar-refractivity contribution in [1.82, 2.24) is 34.5 Å². The molecule has 75 heavy (non-hydrogen) atoms. The molecule has 6 heterocycles. The number of nitrogens with one attached hydrogen (secondary N) is 2. The van der Waals surface area contributed by atoms with E-state index in [0.717, 1.165) is 96.7 Å². The second-order valence-corrected chi connectivity index (χ2v) is 23.3. The number of unbranched alkanes of at least 4 members (excludes halogenated alkanes) is 3. The van der Waals surface area contributed by atoms with Gasteiger partial charge in [0.1, 0.15) is 54.7 Å². The van der Waals surface area contributed by atoms with E-state index in [1.165, 1.54) is 17.0 Å². The quantitative estimate of drug-likeness (QED) is 0.0284. The number of nitrogen functional groups attached to an aromatic ring is 1. The van der Waals surface area contributed by atoms with Crippen molar-refractivity contribution in [2.75, 3.05) is 56.5 Å². The van der Waals surface area contributed by atoms with Crippen molar-refractivity contribution in [3.05, 3.63) is 99.1 Å². The number of benzene rings is 3. The van der Waals surface area contributed by atoms with Gasteiger partial charge in [0, 0.05) is 71.8 Å². The number of nitrogens with zero attached hydrogens (tertiary/aromatic N) is 6. The molecule has 28 heteroatoms. The first kappa shape index (κ1) is 54.3. The Labute approximate surface area is 429 Å². The Bertz CT molecular complexity index is 3320. The zero-order chi connectivity index (χ0) is 53.4. The second-order valence-electron chi connectivity index (χ2n) is 18.5. The van der Waals surface area contributed by atoms with Gasteiger partial charge in [-0.2, -0.15) is 8.62 Å². The van der Waals surface area contributed by atoms with E-state index in [2.05, 4.69) is 81.6 Å². The molecule has 10 N–H and O–H groups in total. The summed E-state index contributed by atoms with van der Waals surface area (Å²) in [6.07, 6.45) is 1.66. The number of phosphoric acid groups is 2. The van der Waals surface area contributed by atoms with Gasteiger partial charge in [-0.3, -0.25) is 13.9 Å². The van der Waals surface area contributed by atoms with Gasteiger partial charge in [0.25, 0.3) is 5.91 Å². The molecule has 5 aromatic rings. The number of aryl methyl sites for hydroxylation is 2. The van der Waals surface area contributed by atoms with Crippen molar-refractivity contribution >= 4 is 63.5 Å². The number of aromatic nitrogens is 4. The lowest BCUT2D eigenvalue weighted by Crippen LogP contribution is -2.39. The third kappa shape index (κ3) is 11.8. The van der Waals surface area contributed by atoms with Crippen LogP contribution in [0.4, 0.5) is 11.5 Å². The van der Waals surface area contributed by atoms with Crippen LogP contribution in [0.5, 0.6) is 11.5 Å². The summed E-state index contributed by atoms with van der Waals surface area (Å²) >= 11 is 0. The summed E-state index contributed by atoms with van der Waals surface area (Å²) in [5.41, 5.74) is 11.7. The van der Waals surface area contributed by atoms with E-state index in [1.807, 2.05) is 0 Å². The Morgan fingerprint density at radius 1 is 0.880 bits per heavy atom. The molecule has 0 spiro atoms. The van der Waals surface area contributed by atoms with Crippen LogP contribution in [0.3, 0.4) is 0 Å². The molecule has 3 aromatic carbocycles. The van der Waals surface area contributed by atoms with Crippen molar-refractivity contribution < 1.29 is 75.9 Å². The van der Waals surface area contributed by atoms with Gasteiger partial charge in [-0.05, 0) is 81.3 Å². The lowest BCUT2D eigenvalue weighted by molar-refractivity contribution is -0.0503. The highest BCUT2D eigenvalue weighted by atomic mass is 31.3. The van der Waals surface area contributed by atoms with Gasteiger partial charge in [0.05, 0.1) is 24.6 Å². The Hall–Kier alpha value is -5.49. The summed E-state index contributed by atoms with van der Waals surface area (Å²) in [4.78, 5) is 71.2. The van der Waals surface area contributed by atoms with Gasteiger partial charge in [-0.1, -0.05) is 18.9 Å². The molecule has 1 amide bonds. The van der Waals surface area contributed by atoms with Gasteiger partial charge >= 0.3 is 29.4 Å². The number of imidazole rings is 1. The highest BCUT2D eigenvalue weighted by Crippen LogP contribution is 2.66. The number of hydrogen-bond acceptors (Lipinski definition) is 17. The van der Waals surface area contributed by atoms with E-state index in [-0.39, 0.29) is 47.6 Å². The maximum atomic E-state index is 13.5. The fourth-order valence-electron chi connectivity index (χ4n) is 10.0. The van der Waals surface area contributed by atoms with Crippen LogP contribution in [-0.2, 0) is 44.4 Å². The summed E-state index contributed by atoms with van der Waals surface area (Å²) in [5.74, 6) is -0.348. The number of fused-ring (bicyclic) bond motifs is 5. The Kier molecular flexibility index (Phi) is 16.1. The number of carboxylic acid groups (broad SMARTS) is 1. The summed E-state index contributed by atoms with van der Waals surface area (Å²) in [6, 6.07) is 13.1. The molecule has 3 unspecified atom stereocenters. The molecule has 402 valence electrons. The SMILES string of the molecule is CCN1CCCc2cc3c(cc21)Oc1cc2c(cc1=C3c1ccc(C(=O)NCCCCCCNP(=O)(O)OP(=O)(O)OP(=O)(O)OC[C@H]3O[C@@H](n4cnc5c(N)ncnc54)[C@H](O)[C@@H]3O)cc1C(=O)O)CCC[N+]=2CC. The van der Waals surface area contributed by atoms with Crippen molar-refractivity contribution in [3.63, 3.8) is 0 Å². The fourth-order valence-corrected chi connectivity index (χ4v) is 13.8. The van der Waals surface area contributed by atoms with Crippen molar-refractivity contribution in [2.45, 2.75) is 89.8 Å². The maximum absolute atomic E-state index is 13.5. The number of rotatable bonds is 21. The summed E-state index contributed by atoms with van der Waals surface area (Å²) in [6.45, 7) is 6.84. The predicted octanol–water partition coefficient (Wildman–Crippen LogP) is 3.24. The molecule has 25 nitrogen and oxygen atoms in total. The molecule has 1 fully saturated rings.